The Morgan fingerprint density at radius 1 is 1.41 bits per heavy atom. The van der Waals surface area contributed by atoms with Gasteiger partial charge in [-0.05, 0) is 25.0 Å². The minimum Gasteiger partial charge on any atom is -0.467 e. The van der Waals surface area contributed by atoms with Gasteiger partial charge < -0.3 is 14.4 Å². The van der Waals surface area contributed by atoms with Crippen molar-refractivity contribution in [2.45, 2.75) is 31.6 Å². The molecule has 1 fully saturated rings. The average molecular weight is 320 g/mol. The number of carbonyl (C=O) groups is 1. The quantitative estimate of drug-likeness (QED) is 0.791. The molecular formula is C14H19F3N2O3. The van der Waals surface area contributed by atoms with E-state index >= 15 is 0 Å². The normalized spacial score (nSPS) is 15.3. The van der Waals surface area contributed by atoms with Gasteiger partial charge in [0.2, 0.25) is 5.91 Å². The van der Waals surface area contributed by atoms with Crippen molar-refractivity contribution < 1.29 is 27.5 Å². The summed E-state index contributed by atoms with van der Waals surface area (Å²) in [6.45, 7) is -1.49. The molecule has 1 heterocycles. The van der Waals surface area contributed by atoms with Crippen molar-refractivity contribution in [1.82, 2.24) is 9.80 Å². The van der Waals surface area contributed by atoms with E-state index in [2.05, 4.69) is 0 Å². The molecule has 1 N–H and O–H groups in total. The summed E-state index contributed by atoms with van der Waals surface area (Å²) in [7, 11) is 0. The first-order valence-electron chi connectivity index (χ1n) is 7.11. The highest BCUT2D eigenvalue weighted by Gasteiger charge is 2.36. The zero-order valence-electron chi connectivity index (χ0n) is 12.1. The van der Waals surface area contributed by atoms with Crippen LogP contribution in [0.15, 0.2) is 22.8 Å². The number of nitrogens with zero attached hydrogens (tertiary/aromatic N) is 2. The minimum atomic E-state index is -4.47. The molecule has 5 nitrogen and oxygen atoms in total. The van der Waals surface area contributed by atoms with Crippen LogP contribution in [-0.2, 0) is 11.3 Å². The van der Waals surface area contributed by atoms with Crippen LogP contribution in [0.25, 0.3) is 0 Å². The molecule has 1 aromatic rings. The predicted molar refractivity (Wildman–Crippen MR) is 71.9 cm³/mol. The highest BCUT2D eigenvalue weighted by Crippen LogP contribution is 2.27. The number of aliphatic hydroxyl groups is 1. The number of amides is 1. The Morgan fingerprint density at radius 2 is 2.14 bits per heavy atom. The third kappa shape index (κ3) is 5.34. The third-order valence-electron chi connectivity index (χ3n) is 3.44. The molecule has 2 rings (SSSR count). The first-order valence-corrected chi connectivity index (χ1v) is 7.11. The summed E-state index contributed by atoms with van der Waals surface area (Å²) in [5.41, 5.74) is 0. The molecule has 1 aliphatic rings. The van der Waals surface area contributed by atoms with E-state index in [9.17, 15) is 18.0 Å². The Balaban J connectivity index is 2.00. The van der Waals surface area contributed by atoms with E-state index in [1.165, 1.54) is 12.3 Å². The van der Waals surface area contributed by atoms with Crippen molar-refractivity contribution in [1.29, 1.82) is 0 Å². The molecule has 0 spiro atoms. The van der Waals surface area contributed by atoms with Gasteiger partial charge in [0, 0.05) is 12.6 Å². The minimum absolute atomic E-state index is 0.123. The Bertz CT molecular complexity index is 472. The lowest BCUT2D eigenvalue weighted by Crippen LogP contribution is -2.45. The summed E-state index contributed by atoms with van der Waals surface area (Å²) in [6.07, 6.45) is -1.30. The van der Waals surface area contributed by atoms with Gasteiger partial charge in [-0.3, -0.25) is 9.69 Å². The van der Waals surface area contributed by atoms with Crippen molar-refractivity contribution in [2.24, 2.45) is 0 Å². The molecular weight excluding hydrogens is 301 g/mol. The van der Waals surface area contributed by atoms with Crippen molar-refractivity contribution >= 4 is 5.91 Å². The summed E-state index contributed by atoms with van der Waals surface area (Å²) < 4.78 is 43.0. The molecule has 1 saturated carbocycles. The number of furan rings is 1. The molecule has 0 atom stereocenters. The highest BCUT2D eigenvalue weighted by atomic mass is 19.4. The molecule has 0 aliphatic heterocycles. The van der Waals surface area contributed by atoms with E-state index in [0.29, 0.717) is 5.76 Å². The number of rotatable bonds is 8. The maximum absolute atomic E-state index is 12.7. The molecule has 0 bridgehead atoms. The second-order valence-corrected chi connectivity index (χ2v) is 5.37. The topological polar surface area (TPSA) is 56.9 Å². The van der Waals surface area contributed by atoms with Gasteiger partial charge in [-0.1, -0.05) is 0 Å². The van der Waals surface area contributed by atoms with Crippen molar-refractivity contribution in [3.63, 3.8) is 0 Å². The van der Waals surface area contributed by atoms with E-state index in [1.54, 1.807) is 11.0 Å². The van der Waals surface area contributed by atoms with Crippen LogP contribution in [0.3, 0.4) is 0 Å². The first kappa shape index (κ1) is 16.8. The van der Waals surface area contributed by atoms with Gasteiger partial charge in [-0.25, -0.2) is 0 Å². The second-order valence-electron chi connectivity index (χ2n) is 5.37. The molecule has 0 aromatic carbocycles. The molecule has 0 unspecified atom stereocenters. The molecule has 1 amide bonds. The molecule has 8 heteroatoms. The molecule has 124 valence electrons. The Hall–Kier alpha value is -1.54. The monoisotopic (exact) mass is 320 g/mol. The number of aliphatic hydroxyl groups excluding tert-OH is 1. The highest BCUT2D eigenvalue weighted by molar-refractivity contribution is 5.78. The SMILES string of the molecule is O=C(CN(CCO)C1CC1)N(Cc1ccco1)CC(F)(F)F. The van der Waals surface area contributed by atoms with E-state index in [0.717, 1.165) is 17.7 Å². The van der Waals surface area contributed by atoms with Crippen LogP contribution in [-0.4, -0.2) is 59.3 Å². The van der Waals surface area contributed by atoms with Gasteiger partial charge in [-0.15, -0.1) is 0 Å². The zero-order chi connectivity index (χ0) is 16.2. The Morgan fingerprint density at radius 3 is 2.64 bits per heavy atom. The maximum Gasteiger partial charge on any atom is 0.406 e. The van der Waals surface area contributed by atoms with Crippen LogP contribution in [0.1, 0.15) is 18.6 Å². The fraction of sp³-hybridized carbons (Fsp3) is 0.643. The lowest BCUT2D eigenvalue weighted by atomic mass is 10.3. The Labute approximate surface area is 126 Å². The lowest BCUT2D eigenvalue weighted by Gasteiger charge is -2.27. The van der Waals surface area contributed by atoms with E-state index in [4.69, 9.17) is 9.52 Å². The summed E-state index contributed by atoms with van der Waals surface area (Å²) in [6, 6.07) is 3.28. The lowest BCUT2D eigenvalue weighted by molar-refractivity contribution is -0.163. The number of hydrogen-bond donors (Lipinski definition) is 1. The van der Waals surface area contributed by atoms with Crippen LogP contribution in [0.5, 0.6) is 0 Å². The fourth-order valence-corrected chi connectivity index (χ4v) is 2.27. The number of hydrogen-bond acceptors (Lipinski definition) is 4. The summed E-state index contributed by atoms with van der Waals surface area (Å²) in [5, 5.41) is 9.00. The number of carbonyl (C=O) groups excluding carboxylic acids is 1. The fourth-order valence-electron chi connectivity index (χ4n) is 2.27. The number of halogens is 3. The third-order valence-corrected chi connectivity index (χ3v) is 3.44. The second kappa shape index (κ2) is 7.15. The van der Waals surface area contributed by atoms with Crippen molar-refractivity contribution in [3.05, 3.63) is 24.2 Å². The van der Waals surface area contributed by atoms with Gasteiger partial charge in [0.05, 0.1) is 26.0 Å². The molecule has 22 heavy (non-hydrogen) atoms. The summed E-state index contributed by atoms with van der Waals surface area (Å²) in [4.78, 5) is 14.7. The van der Waals surface area contributed by atoms with Gasteiger partial charge in [0.15, 0.2) is 0 Å². The van der Waals surface area contributed by atoms with E-state index in [1.807, 2.05) is 0 Å². The maximum atomic E-state index is 12.7. The first-order chi connectivity index (χ1) is 10.4. The van der Waals surface area contributed by atoms with Crippen LogP contribution >= 0.6 is 0 Å². The van der Waals surface area contributed by atoms with Gasteiger partial charge >= 0.3 is 6.18 Å². The van der Waals surface area contributed by atoms with Crippen LogP contribution in [0.4, 0.5) is 13.2 Å². The van der Waals surface area contributed by atoms with Gasteiger partial charge in [0.25, 0.3) is 0 Å². The summed E-state index contributed by atoms with van der Waals surface area (Å²) >= 11 is 0. The summed E-state index contributed by atoms with van der Waals surface area (Å²) in [5.74, 6) is -0.313. The average Bonchev–Trinajstić information content (AvgIpc) is 3.14. The zero-order valence-corrected chi connectivity index (χ0v) is 12.1. The largest absolute Gasteiger partial charge is 0.467 e. The molecule has 0 radical (unpaired) electrons. The van der Waals surface area contributed by atoms with Crippen molar-refractivity contribution in [3.8, 4) is 0 Å². The van der Waals surface area contributed by atoms with Crippen LogP contribution < -0.4 is 0 Å². The predicted octanol–water partition coefficient (Wildman–Crippen LogP) is 1.63. The van der Waals surface area contributed by atoms with Crippen molar-refractivity contribution in [2.75, 3.05) is 26.2 Å². The smallest absolute Gasteiger partial charge is 0.406 e. The molecule has 1 aromatic heterocycles. The molecule has 0 saturated heterocycles. The van der Waals surface area contributed by atoms with Crippen LogP contribution in [0, 0.1) is 0 Å². The standard InChI is InChI=1S/C14H19F3N2O3/c15-14(16,17)10-19(8-12-2-1-7-22-12)13(21)9-18(5-6-20)11-3-4-11/h1-2,7,11,20H,3-6,8-10H2. The van der Waals surface area contributed by atoms with Gasteiger partial charge in [0.1, 0.15) is 12.3 Å². The van der Waals surface area contributed by atoms with E-state index < -0.39 is 18.6 Å². The Kier molecular flexibility index (Phi) is 5.47. The molecule has 1 aliphatic carbocycles. The van der Waals surface area contributed by atoms with E-state index in [-0.39, 0.29) is 32.3 Å². The number of alkyl halides is 3. The van der Waals surface area contributed by atoms with Crippen LogP contribution in [0.2, 0.25) is 0 Å². The van der Waals surface area contributed by atoms with Gasteiger partial charge in [-0.2, -0.15) is 13.2 Å².